The van der Waals surface area contributed by atoms with Crippen LogP contribution in [0.4, 0.5) is 10.5 Å². The maximum absolute atomic E-state index is 13.0. The number of likely N-dealkylation sites (tertiary alicyclic amines) is 1. The molecule has 2 fully saturated rings. The Morgan fingerprint density at radius 3 is 2.55 bits per heavy atom. The van der Waals surface area contributed by atoms with Crippen molar-refractivity contribution in [2.75, 3.05) is 39.8 Å². The molecule has 8 heteroatoms. The fraction of sp³-hybridized carbons (Fsp3) is 0.480. The molecule has 0 aromatic heterocycles. The van der Waals surface area contributed by atoms with Gasteiger partial charge in [-0.15, -0.1) is 0 Å². The first kappa shape index (κ1) is 24.0. The molecule has 0 spiro atoms. The van der Waals surface area contributed by atoms with Crippen molar-refractivity contribution < 1.29 is 14.3 Å². The van der Waals surface area contributed by atoms with Gasteiger partial charge in [-0.1, -0.05) is 29.3 Å². The van der Waals surface area contributed by atoms with E-state index in [0.717, 1.165) is 43.7 Å². The Morgan fingerprint density at radius 2 is 1.85 bits per heavy atom. The van der Waals surface area contributed by atoms with Gasteiger partial charge in [-0.25, -0.2) is 4.79 Å². The maximum atomic E-state index is 13.0. The van der Waals surface area contributed by atoms with E-state index in [2.05, 4.69) is 29.4 Å². The molecule has 1 saturated heterocycles. The molecule has 2 amide bonds. The van der Waals surface area contributed by atoms with Gasteiger partial charge in [-0.3, -0.25) is 4.90 Å². The summed E-state index contributed by atoms with van der Waals surface area (Å²) in [5.74, 6) is 1.50. The molecular formula is C25H31Cl2N3O3. The zero-order valence-corrected chi connectivity index (χ0v) is 21.0. The molecule has 3 unspecified atom stereocenters. The standard InChI is InChI=1S/C25H31Cl2N3O3/c1-29-12-11-25(16-5-8-21(32-3)22(13-16)33-4)10-9-17(14-23(25)29)28-24(31)30(2)18-6-7-19(26)20(27)15-18/h5-8,13,15,17,23H,9-12,14H2,1-4H3,(H,28,31). The van der Waals surface area contributed by atoms with Crippen LogP contribution in [0.2, 0.25) is 10.0 Å². The molecule has 2 aliphatic rings. The van der Waals surface area contributed by atoms with E-state index in [1.165, 1.54) is 5.56 Å². The molecule has 3 atom stereocenters. The van der Waals surface area contributed by atoms with Gasteiger partial charge in [-0.2, -0.15) is 0 Å². The van der Waals surface area contributed by atoms with E-state index in [1.54, 1.807) is 44.4 Å². The summed E-state index contributed by atoms with van der Waals surface area (Å²) in [6.07, 6.45) is 3.90. The van der Waals surface area contributed by atoms with E-state index < -0.39 is 0 Å². The molecular weight excluding hydrogens is 461 g/mol. The number of hydrogen-bond donors (Lipinski definition) is 1. The number of nitrogens with one attached hydrogen (secondary N) is 1. The lowest BCUT2D eigenvalue weighted by Crippen LogP contribution is -2.53. The van der Waals surface area contributed by atoms with Gasteiger partial charge in [0, 0.05) is 30.2 Å². The number of benzene rings is 2. The molecule has 2 aromatic carbocycles. The molecule has 0 bridgehead atoms. The molecule has 1 saturated carbocycles. The minimum atomic E-state index is -0.141. The largest absolute Gasteiger partial charge is 0.493 e. The molecule has 0 radical (unpaired) electrons. The summed E-state index contributed by atoms with van der Waals surface area (Å²) in [5.41, 5.74) is 2.04. The van der Waals surface area contributed by atoms with Crippen molar-refractivity contribution in [3.8, 4) is 11.5 Å². The molecule has 1 heterocycles. The zero-order chi connectivity index (χ0) is 23.8. The van der Waals surface area contributed by atoms with Crippen molar-refractivity contribution in [1.82, 2.24) is 10.2 Å². The summed E-state index contributed by atoms with van der Waals surface area (Å²) < 4.78 is 11.0. The average molecular weight is 492 g/mol. The number of ether oxygens (including phenoxy) is 2. The number of likely N-dealkylation sites (N-methyl/N-ethyl adjacent to an activating group) is 1. The van der Waals surface area contributed by atoms with Crippen molar-refractivity contribution in [1.29, 1.82) is 0 Å². The lowest BCUT2D eigenvalue weighted by molar-refractivity contribution is 0.155. The van der Waals surface area contributed by atoms with Gasteiger partial charge in [0.1, 0.15) is 0 Å². The second-order valence-electron chi connectivity index (χ2n) is 9.05. The number of halogens is 2. The highest BCUT2D eigenvalue weighted by atomic mass is 35.5. The Kier molecular flexibility index (Phi) is 6.99. The van der Waals surface area contributed by atoms with E-state index >= 15 is 0 Å². The second kappa shape index (κ2) is 9.61. The fourth-order valence-corrected chi connectivity index (χ4v) is 5.77. The molecule has 2 aromatic rings. The van der Waals surface area contributed by atoms with Crippen LogP contribution in [-0.2, 0) is 5.41 Å². The van der Waals surface area contributed by atoms with Gasteiger partial charge in [0.25, 0.3) is 0 Å². The SMILES string of the molecule is COc1ccc(C23CCC(NC(=O)N(C)c4ccc(Cl)c(Cl)c4)CC2N(C)CC3)cc1OC. The number of urea groups is 1. The van der Waals surface area contributed by atoms with E-state index in [4.69, 9.17) is 32.7 Å². The van der Waals surface area contributed by atoms with Crippen LogP contribution in [0, 0.1) is 0 Å². The third-order valence-electron chi connectivity index (χ3n) is 7.41. The Morgan fingerprint density at radius 1 is 1.09 bits per heavy atom. The van der Waals surface area contributed by atoms with Crippen molar-refractivity contribution in [3.63, 3.8) is 0 Å². The number of hydrogen-bond acceptors (Lipinski definition) is 4. The van der Waals surface area contributed by atoms with Gasteiger partial charge >= 0.3 is 6.03 Å². The van der Waals surface area contributed by atoms with E-state index in [9.17, 15) is 4.79 Å². The zero-order valence-electron chi connectivity index (χ0n) is 19.5. The predicted molar refractivity (Wildman–Crippen MR) is 133 cm³/mol. The maximum Gasteiger partial charge on any atom is 0.321 e. The molecule has 1 N–H and O–H groups in total. The first-order valence-corrected chi connectivity index (χ1v) is 12.0. The van der Waals surface area contributed by atoms with Crippen LogP contribution >= 0.6 is 23.2 Å². The first-order chi connectivity index (χ1) is 15.8. The summed E-state index contributed by atoms with van der Waals surface area (Å²) in [4.78, 5) is 17.0. The highest BCUT2D eigenvalue weighted by molar-refractivity contribution is 6.42. The minimum Gasteiger partial charge on any atom is -0.493 e. The van der Waals surface area contributed by atoms with Gasteiger partial charge in [-0.05, 0) is 75.2 Å². The highest BCUT2D eigenvalue weighted by Gasteiger charge is 2.50. The quantitative estimate of drug-likeness (QED) is 0.612. The topological polar surface area (TPSA) is 54.0 Å². The highest BCUT2D eigenvalue weighted by Crippen LogP contribution is 2.49. The number of methoxy groups -OCH3 is 2. The summed E-state index contributed by atoms with van der Waals surface area (Å²) in [5, 5.41) is 4.13. The van der Waals surface area contributed by atoms with E-state index in [-0.39, 0.29) is 17.5 Å². The molecule has 178 valence electrons. The smallest absolute Gasteiger partial charge is 0.321 e. The summed E-state index contributed by atoms with van der Waals surface area (Å²) in [6.45, 7) is 1.03. The van der Waals surface area contributed by atoms with Crippen LogP contribution < -0.4 is 19.7 Å². The monoisotopic (exact) mass is 491 g/mol. The van der Waals surface area contributed by atoms with E-state index in [0.29, 0.717) is 21.8 Å². The number of carbonyl (C=O) groups is 1. The lowest BCUT2D eigenvalue weighted by Gasteiger charge is -2.45. The van der Waals surface area contributed by atoms with Crippen molar-refractivity contribution in [3.05, 3.63) is 52.0 Å². The fourth-order valence-electron chi connectivity index (χ4n) is 5.48. The van der Waals surface area contributed by atoms with Crippen molar-refractivity contribution in [2.45, 2.75) is 43.2 Å². The van der Waals surface area contributed by atoms with E-state index in [1.807, 2.05) is 6.07 Å². The number of carbonyl (C=O) groups excluding carboxylic acids is 1. The first-order valence-electron chi connectivity index (χ1n) is 11.2. The Bertz CT molecular complexity index is 1030. The van der Waals surface area contributed by atoms with Gasteiger partial charge in [0.05, 0.1) is 24.3 Å². The number of amides is 2. The average Bonchev–Trinajstić information content (AvgIpc) is 3.16. The van der Waals surface area contributed by atoms with Crippen LogP contribution in [0.25, 0.3) is 0 Å². The Balaban J connectivity index is 1.50. The van der Waals surface area contributed by atoms with Gasteiger partial charge in [0.15, 0.2) is 11.5 Å². The molecule has 4 rings (SSSR count). The Labute approximate surface area is 205 Å². The lowest BCUT2D eigenvalue weighted by atomic mass is 9.65. The van der Waals surface area contributed by atoms with Crippen molar-refractivity contribution >= 4 is 34.9 Å². The summed E-state index contributed by atoms with van der Waals surface area (Å²) in [7, 11) is 7.26. The van der Waals surface area contributed by atoms with Crippen LogP contribution in [0.3, 0.4) is 0 Å². The second-order valence-corrected chi connectivity index (χ2v) is 9.86. The number of anilines is 1. The minimum absolute atomic E-state index is 0.0468. The van der Waals surface area contributed by atoms with Crippen molar-refractivity contribution in [2.24, 2.45) is 0 Å². The molecule has 6 nitrogen and oxygen atoms in total. The number of rotatable bonds is 5. The van der Waals surface area contributed by atoms with Gasteiger partial charge in [0.2, 0.25) is 0 Å². The summed E-state index contributed by atoms with van der Waals surface area (Å²) >= 11 is 12.1. The number of fused-ring (bicyclic) bond motifs is 1. The van der Waals surface area contributed by atoms with Gasteiger partial charge < -0.3 is 19.7 Å². The predicted octanol–water partition coefficient (Wildman–Crippen LogP) is 5.35. The van der Waals surface area contributed by atoms with Crippen LogP contribution in [0.5, 0.6) is 11.5 Å². The normalized spacial score (nSPS) is 24.8. The third kappa shape index (κ3) is 4.48. The van der Waals surface area contributed by atoms with Crippen LogP contribution in [-0.4, -0.2) is 57.9 Å². The Hall–Kier alpha value is -2.15. The van der Waals surface area contributed by atoms with Crippen LogP contribution in [0.1, 0.15) is 31.2 Å². The third-order valence-corrected chi connectivity index (χ3v) is 8.15. The molecule has 1 aliphatic heterocycles. The summed E-state index contributed by atoms with van der Waals surface area (Å²) in [6, 6.07) is 11.8. The molecule has 33 heavy (non-hydrogen) atoms. The van der Waals surface area contributed by atoms with Crippen LogP contribution in [0.15, 0.2) is 36.4 Å². The number of nitrogens with zero attached hydrogens (tertiary/aromatic N) is 2. The molecule has 1 aliphatic carbocycles.